The first kappa shape index (κ1) is 26.9. The summed E-state index contributed by atoms with van der Waals surface area (Å²) in [5.41, 5.74) is 0.463. The smallest absolute Gasteiger partial charge is 0.243 e. The second-order valence-corrected chi connectivity index (χ2v) is 12.7. The van der Waals surface area contributed by atoms with Gasteiger partial charge in [0.1, 0.15) is 5.82 Å². The van der Waals surface area contributed by atoms with Gasteiger partial charge in [-0.25, -0.2) is 13.4 Å². The Labute approximate surface area is 226 Å². The lowest BCUT2D eigenvalue weighted by Gasteiger charge is -2.39. The van der Waals surface area contributed by atoms with Crippen molar-refractivity contribution in [3.05, 3.63) is 42.1 Å². The highest BCUT2D eigenvalue weighted by Gasteiger charge is 2.34. The van der Waals surface area contributed by atoms with E-state index in [0.29, 0.717) is 24.6 Å². The van der Waals surface area contributed by atoms with Crippen LogP contribution in [0.5, 0.6) is 0 Å². The zero-order chi connectivity index (χ0) is 26.4. The fourth-order valence-electron chi connectivity index (χ4n) is 5.99. The largest absolute Gasteiger partial charge is 0.356 e. The number of nitrogens with zero attached hydrogens (tertiary/aromatic N) is 6. The zero-order valence-electron chi connectivity index (χ0n) is 22.1. The summed E-state index contributed by atoms with van der Waals surface area (Å²) in [6, 6.07) is 10.7. The quantitative estimate of drug-likeness (QED) is 0.593. The van der Waals surface area contributed by atoms with Crippen LogP contribution in [0.2, 0.25) is 0 Å². The SMILES string of the molecule is N#Cc1ccc(S(=O)(=O)N2CCCC(N3CCCCC(Nc4nccc(N5CCCCCC5)n4)C3)C2)cc1. The third-order valence-corrected chi connectivity index (χ3v) is 9.98. The Bertz CT molecular complexity index is 1210. The Morgan fingerprint density at radius 3 is 2.39 bits per heavy atom. The Morgan fingerprint density at radius 2 is 1.63 bits per heavy atom. The summed E-state index contributed by atoms with van der Waals surface area (Å²) in [5, 5.41) is 12.7. The highest BCUT2D eigenvalue weighted by molar-refractivity contribution is 7.89. The van der Waals surface area contributed by atoms with Crippen LogP contribution in [-0.2, 0) is 10.0 Å². The van der Waals surface area contributed by atoms with Crippen LogP contribution in [0.4, 0.5) is 11.8 Å². The van der Waals surface area contributed by atoms with E-state index in [1.54, 1.807) is 28.6 Å². The van der Waals surface area contributed by atoms with E-state index >= 15 is 0 Å². The van der Waals surface area contributed by atoms with Crippen molar-refractivity contribution in [3.63, 3.8) is 0 Å². The predicted octanol–water partition coefficient (Wildman–Crippen LogP) is 3.85. The number of rotatable bonds is 6. The number of benzene rings is 1. The molecule has 10 heteroatoms. The van der Waals surface area contributed by atoms with Gasteiger partial charge in [0.2, 0.25) is 16.0 Å². The molecule has 0 saturated carbocycles. The van der Waals surface area contributed by atoms with Gasteiger partial charge in [-0.3, -0.25) is 4.90 Å². The highest BCUT2D eigenvalue weighted by Crippen LogP contribution is 2.26. The number of nitrogens with one attached hydrogen (secondary N) is 1. The molecule has 5 rings (SSSR count). The molecule has 3 saturated heterocycles. The van der Waals surface area contributed by atoms with E-state index in [1.165, 1.54) is 25.7 Å². The molecule has 0 bridgehead atoms. The molecule has 1 aromatic heterocycles. The van der Waals surface area contributed by atoms with Crippen LogP contribution in [0.3, 0.4) is 0 Å². The minimum Gasteiger partial charge on any atom is -0.356 e. The normalized spacial score (nSPS) is 24.2. The molecule has 2 aromatic rings. The molecule has 0 aliphatic carbocycles. The maximum atomic E-state index is 13.4. The predicted molar refractivity (Wildman–Crippen MR) is 148 cm³/mol. The van der Waals surface area contributed by atoms with E-state index in [4.69, 9.17) is 10.2 Å². The van der Waals surface area contributed by atoms with Crippen molar-refractivity contribution in [2.24, 2.45) is 0 Å². The number of sulfonamides is 1. The average molecular weight is 538 g/mol. The van der Waals surface area contributed by atoms with E-state index in [2.05, 4.69) is 26.2 Å². The van der Waals surface area contributed by atoms with Gasteiger partial charge in [0.15, 0.2) is 0 Å². The first-order valence-electron chi connectivity index (χ1n) is 14.1. The second-order valence-electron chi connectivity index (χ2n) is 10.8. The monoisotopic (exact) mass is 537 g/mol. The van der Waals surface area contributed by atoms with Crippen molar-refractivity contribution >= 4 is 21.8 Å². The Hall–Kier alpha value is -2.74. The molecule has 1 N–H and O–H groups in total. The number of hydrogen-bond acceptors (Lipinski definition) is 8. The number of aromatic nitrogens is 2. The minimum atomic E-state index is -3.59. The number of hydrogen-bond donors (Lipinski definition) is 1. The molecular formula is C28H39N7O2S. The zero-order valence-corrected chi connectivity index (χ0v) is 22.9. The third-order valence-electron chi connectivity index (χ3n) is 8.10. The highest BCUT2D eigenvalue weighted by atomic mass is 32.2. The molecule has 204 valence electrons. The lowest BCUT2D eigenvalue weighted by molar-refractivity contribution is 0.136. The first-order valence-corrected chi connectivity index (χ1v) is 15.6. The summed E-state index contributed by atoms with van der Waals surface area (Å²) in [6.07, 6.45) is 12.0. The molecule has 38 heavy (non-hydrogen) atoms. The number of anilines is 2. The van der Waals surface area contributed by atoms with Crippen LogP contribution >= 0.6 is 0 Å². The van der Waals surface area contributed by atoms with Crippen LogP contribution in [0, 0.1) is 11.3 Å². The Kier molecular flexibility index (Phi) is 8.77. The van der Waals surface area contributed by atoms with Gasteiger partial charge in [0.25, 0.3) is 0 Å². The number of nitriles is 1. The van der Waals surface area contributed by atoms with E-state index in [-0.39, 0.29) is 17.0 Å². The molecule has 3 aliphatic rings. The van der Waals surface area contributed by atoms with Crippen LogP contribution in [0.15, 0.2) is 41.4 Å². The number of likely N-dealkylation sites (tertiary alicyclic amines) is 1. The van der Waals surface area contributed by atoms with Crippen molar-refractivity contribution in [3.8, 4) is 6.07 Å². The van der Waals surface area contributed by atoms with Gasteiger partial charge in [0.05, 0.1) is 16.5 Å². The fraction of sp³-hybridized carbons (Fsp3) is 0.607. The van der Waals surface area contributed by atoms with Crippen molar-refractivity contribution in [1.82, 2.24) is 19.2 Å². The van der Waals surface area contributed by atoms with Crippen molar-refractivity contribution < 1.29 is 8.42 Å². The van der Waals surface area contributed by atoms with E-state index < -0.39 is 10.0 Å². The molecule has 0 spiro atoms. The summed E-state index contributed by atoms with van der Waals surface area (Å²) in [6.45, 7) is 4.96. The minimum absolute atomic E-state index is 0.184. The lowest BCUT2D eigenvalue weighted by Crippen LogP contribution is -2.51. The first-order chi connectivity index (χ1) is 18.5. The van der Waals surface area contributed by atoms with Crippen molar-refractivity contribution in [2.75, 3.05) is 49.5 Å². The van der Waals surface area contributed by atoms with E-state index in [9.17, 15) is 8.42 Å². The van der Waals surface area contributed by atoms with Crippen LogP contribution in [0.25, 0.3) is 0 Å². The number of piperidine rings is 1. The Balaban J connectivity index is 1.24. The summed E-state index contributed by atoms with van der Waals surface area (Å²) in [7, 11) is -3.59. The molecular weight excluding hydrogens is 498 g/mol. The molecule has 2 atom stereocenters. The second kappa shape index (κ2) is 12.4. The molecule has 3 fully saturated rings. The molecule has 0 amide bonds. The van der Waals surface area contributed by atoms with Gasteiger partial charge in [-0.05, 0) is 75.4 Å². The maximum Gasteiger partial charge on any atom is 0.243 e. The summed E-state index contributed by atoms with van der Waals surface area (Å²) >= 11 is 0. The molecule has 1 aromatic carbocycles. The fourth-order valence-corrected chi connectivity index (χ4v) is 7.50. The standard InChI is InChI=1S/C28H39N7O2S/c29-20-23-10-12-26(13-11-23)38(36,37)35-19-7-9-25(22-35)34-18-6-3-8-24(21-34)31-28-30-15-14-27(32-28)33-16-4-1-2-5-17-33/h10-15,24-25H,1-9,16-19,21-22H2,(H,30,31,32). The summed E-state index contributed by atoms with van der Waals surface area (Å²) in [4.78, 5) is 14.5. The van der Waals surface area contributed by atoms with Gasteiger partial charge in [-0.15, -0.1) is 0 Å². The van der Waals surface area contributed by atoms with Gasteiger partial charge in [-0.2, -0.15) is 14.6 Å². The molecule has 9 nitrogen and oxygen atoms in total. The van der Waals surface area contributed by atoms with Crippen molar-refractivity contribution in [2.45, 2.75) is 74.8 Å². The summed E-state index contributed by atoms with van der Waals surface area (Å²) in [5.74, 6) is 1.69. The van der Waals surface area contributed by atoms with Crippen LogP contribution < -0.4 is 10.2 Å². The van der Waals surface area contributed by atoms with E-state index in [0.717, 1.165) is 64.1 Å². The molecule has 4 heterocycles. The Morgan fingerprint density at radius 1 is 0.868 bits per heavy atom. The molecule has 0 radical (unpaired) electrons. The molecule has 2 unspecified atom stereocenters. The van der Waals surface area contributed by atoms with Gasteiger partial charge in [0, 0.05) is 51.0 Å². The van der Waals surface area contributed by atoms with Gasteiger partial charge < -0.3 is 10.2 Å². The van der Waals surface area contributed by atoms with Crippen LogP contribution in [0.1, 0.15) is 63.4 Å². The maximum absolute atomic E-state index is 13.4. The topological polar surface area (TPSA) is 105 Å². The van der Waals surface area contributed by atoms with Gasteiger partial charge in [-0.1, -0.05) is 19.3 Å². The molecule has 3 aliphatic heterocycles. The summed E-state index contributed by atoms with van der Waals surface area (Å²) < 4.78 is 28.4. The van der Waals surface area contributed by atoms with Gasteiger partial charge >= 0.3 is 0 Å². The van der Waals surface area contributed by atoms with E-state index in [1.807, 2.05) is 12.3 Å². The average Bonchev–Trinajstić information content (AvgIpc) is 3.37. The van der Waals surface area contributed by atoms with Crippen LogP contribution in [-0.4, -0.2) is 78.9 Å². The third kappa shape index (κ3) is 6.45. The van der Waals surface area contributed by atoms with Crippen molar-refractivity contribution in [1.29, 1.82) is 5.26 Å². The lowest BCUT2D eigenvalue weighted by atomic mass is 10.1.